The van der Waals surface area contributed by atoms with E-state index in [0.717, 1.165) is 30.7 Å². The molecular formula is C20H30N4O4S. The van der Waals surface area contributed by atoms with Crippen molar-refractivity contribution in [1.29, 1.82) is 0 Å². The number of amides is 3. The second-order valence-electron chi connectivity index (χ2n) is 7.92. The molecule has 0 radical (unpaired) electrons. The first-order valence-corrected chi connectivity index (χ1v) is 11.3. The Balaban J connectivity index is 1.49. The van der Waals surface area contributed by atoms with Gasteiger partial charge in [-0.2, -0.15) is 0 Å². The number of nitrogens with one attached hydrogen (secondary N) is 1. The van der Waals surface area contributed by atoms with Gasteiger partial charge < -0.3 is 20.2 Å². The standard InChI is InChI=1S/C20H30N4O4S/c1-23(15-5-3-2-4-6-15)19(27)16-13-29-18(22-16)14-8-11-24(12-9-14)20(28)21-10-7-17(25)26/h13-15H,2-12H2,1H3,(H,21,28)(H,25,26). The molecule has 1 saturated heterocycles. The number of carboxylic acid groups (broad SMARTS) is 1. The third-order valence-electron chi connectivity index (χ3n) is 5.93. The summed E-state index contributed by atoms with van der Waals surface area (Å²) in [6, 6.07) is 0.109. The number of hydrogen-bond acceptors (Lipinski definition) is 5. The second-order valence-corrected chi connectivity index (χ2v) is 8.81. The fourth-order valence-corrected chi connectivity index (χ4v) is 5.07. The first-order valence-electron chi connectivity index (χ1n) is 10.4. The van der Waals surface area contributed by atoms with E-state index in [4.69, 9.17) is 5.11 Å². The number of nitrogens with zero attached hydrogens (tertiary/aromatic N) is 3. The number of carbonyl (C=O) groups is 3. The molecule has 2 fully saturated rings. The normalized spacial score (nSPS) is 18.4. The summed E-state index contributed by atoms with van der Waals surface area (Å²) in [5.74, 6) is -0.661. The number of rotatable bonds is 6. The lowest BCUT2D eigenvalue weighted by Crippen LogP contribution is -2.44. The molecule has 9 heteroatoms. The van der Waals surface area contributed by atoms with Crippen molar-refractivity contribution >= 4 is 29.2 Å². The maximum absolute atomic E-state index is 12.8. The molecule has 2 heterocycles. The van der Waals surface area contributed by atoms with Crippen LogP contribution in [0.4, 0.5) is 4.79 Å². The molecule has 160 valence electrons. The monoisotopic (exact) mass is 422 g/mol. The Kier molecular flexibility index (Phi) is 7.46. The average molecular weight is 423 g/mol. The van der Waals surface area contributed by atoms with Gasteiger partial charge in [0.1, 0.15) is 5.69 Å². The van der Waals surface area contributed by atoms with Crippen LogP contribution in [0.3, 0.4) is 0 Å². The van der Waals surface area contributed by atoms with Crippen LogP contribution in [0, 0.1) is 0 Å². The van der Waals surface area contributed by atoms with Crippen LogP contribution < -0.4 is 5.32 Å². The molecule has 0 spiro atoms. The van der Waals surface area contributed by atoms with Crippen molar-refractivity contribution < 1.29 is 19.5 Å². The zero-order valence-electron chi connectivity index (χ0n) is 16.9. The van der Waals surface area contributed by atoms with E-state index in [0.29, 0.717) is 24.8 Å². The van der Waals surface area contributed by atoms with Crippen molar-refractivity contribution in [2.24, 2.45) is 0 Å². The Morgan fingerprint density at radius 3 is 2.55 bits per heavy atom. The molecule has 0 unspecified atom stereocenters. The van der Waals surface area contributed by atoms with Gasteiger partial charge in [-0.05, 0) is 25.7 Å². The van der Waals surface area contributed by atoms with Crippen molar-refractivity contribution in [2.45, 2.75) is 63.3 Å². The Morgan fingerprint density at radius 1 is 1.21 bits per heavy atom. The number of aliphatic carboxylic acids is 1. The predicted molar refractivity (Wildman–Crippen MR) is 110 cm³/mol. The smallest absolute Gasteiger partial charge is 0.317 e. The molecule has 1 aliphatic carbocycles. The van der Waals surface area contributed by atoms with Crippen LogP contribution in [-0.2, 0) is 4.79 Å². The number of thiazole rings is 1. The maximum Gasteiger partial charge on any atom is 0.317 e. The van der Waals surface area contributed by atoms with Gasteiger partial charge in [0, 0.05) is 44.0 Å². The molecule has 1 aromatic rings. The number of hydrogen-bond donors (Lipinski definition) is 2. The highest BCUT2D eigenvalue weighted by molar-refractivity contribution is 7.09. The summed E-state index contributed by atoms with van der Waals surface area (Å²) in [5, 5.41) is 14.1. The third-order valence-corrected chi connectivity index (χ3v) is 6.94. The third kappa shape index (κ3) is 5.68. The molecule has 3 rings (SSSR count). The number of carboxylic acids is 1. The van der Waals surface area contributed by atoms with Crippen LogP contribution in [0.25, 0.3) is 0 Å². The summed E-state index contributed by atoms with van der Waals surface area (Å²) >= 11 is 1.53. The van der Waals surface area contributed by atoms with E-state index in [9.17, 15) is 14.4 Å². The highest BCUT2D eigenvalue weighted by Crippen LogP contribution is 2.31. The molecule has 3 amide bonds. The molecular weight excluding hydrogens is 392 g/mol. The molecule has 1 saturated carbocycles. The van der Waals surface area contributed by atoms with Crippen molar-refractivity contribution in [3.8, 4) is 0 Å². The maximum atomic E-state index is 12.8. The predicted octanol–water partition coefficient (Wildman–Crippen LogP) is 2.91. The molecule has 2 aliphatic rings. The van der Waals surface area contributed by atoms with E-state index >= 15 is 0 Å². The van der Waals surface area contributed by atoms with E-state index in [1.807, 2.05) is 17.3 Å². The van der Waals surface area contributed by atoms with E-state index in [-0.39, 0.29) is 30.8 Å². The van der Waals surface area contributed by atoms with Gasteiger partial charge in [0.05, 0.1) is 11.4 Å². The van der Waals surface area contributed by atoms with E-state index in [2.05, 4.69) is 10.3 Å². The van der Waals surface area contributed by atoms with Gasteiger partial charge in [0.2, 0.25) is 0 Å². The summed E-state index contributed by atoms with van der Waals surface area (Å²) in [4.78, 5) is 43.6. The second kappa shape index (κ2) is 10.0. The number of carbonyl (C=O) groups excluding carboxylic acids is 2. The van der Waals surface area contributed by atoms with Crippen molar-refractivity contribution in [3.63, 3.8) is 0 Å². The minimum atomic E-state index is -0.924. The molecule has 29 heavy (non-hydrogen) atoms. The Morgan fingerprint density at radius 2 is 1.90 bits per heavy atom. The van der Waals surface area contributed by atoms with Gasteiger partial charge in [-0.25, -0.2) is 9.78 Å². The van der Waals surface area contributed by atoms with Crippen molar-refractivity contribution in [1.82, 2.24) is 20.1 Å². The number of aromatic nitrogens is 1. The van der Waals surface area contributed by atoms with Crippen LogP contribution in [0.15, 0.2) is 5.38 Å². The first-order chi connectivity index (χ1) is 14.0. The Labute approximate surface area is 175 Å². The van der Waals surface area contributed by atoms with Gasteiger partial charge in [-0.3, -0.25) is 9.59 Å². The highest BCUT2D eigenvalue weighted by atomic mass is 32.1. The first kappa shape index (κ1) is 21.5. The lowest BCUT2D eigenvalue weighted by Gasteiger charge is -2.31. The SMILES string of the molecule is CN(C(=O)c1csc(C2CCN(C(=O)NCCC(=O)O)CC2)n1)C1CCCCC1. The van der Waals surface area contributed by atoms with Gasteiger partial charge in [0.15, 0.2) is 0 Å². The summed E-state index contributed by atoms with van der Waals surface area (Å²) < 4.78 is 0. The highest BCUT2D eigenvalue weighted by Gasteiger charge is 2.28. The van der Waals surface area contributed by atoms with Gasteiger partial charge in [-0.1, -0.05) is 19.3 Å². The number of piperidine rings is 1. The van der Waals surface area contributed by atoms with Gasteiger partial charge in [-0.15, -0.1) is 11.3 Å². The van der Waals surface area contributed by atoms with Gasteiger partial charge >= 0.3 is 12.0 Å². The van der Waals surface area contributed by atoms with Crippen LogP contribution in [-0.4, -0.2) is 70.5 Å². The molecule has 0 aromatic carbocycles. The summed E-state index contributed by atoms with van der Waals surface area (Å²) in [5.41, 5.74) is 0.534. The number of likely N-dealkylation sites (tertiary alicyclic amines) is 1. The minimum Gasteiger partial charge on any atom is -0.481 e. The Bertz CT molecular complexity index is 724. The lowest BCUT2D eigenvalue weighted by atomic mass is 9.94. The van der Waals surface area contributed by atoms with E-state index in [1.165, 1.54) is 30.6 Å². The average Bonchev–Trinajstić information content (AvgIpc) is 3.23. The van der Waals surface area contributed by atoms with Gasteiger partial charge in [0.25, 0.3) is 5.91 Å². The quantitative estimate of drug-likeness (QED) is 0.734. The van der Waals surface area contributed by atoms with Crippen LogP contribution in [0.2, 0.25) is 0 Å². The fourth-order valence-electron chi connectivity index (χ4n) is 4.11. The largest absolute Gasteiger partial charge is 0.481 e. The van der Waals surface area contributed by atoms with E-state index in [1.54, 1.807) is 4.90 Å². The summed E-state index contributed by atoms with van der Waals surface area (Å²) in [7, 11) is 1.89. The Hall–Kier alpha value is -2.16. The van der Waals surface area contributed by atoms with Crippen LogP contribution >= 0.6 is 11.3 Å². The number of urea groups is 1. The zero-order chi connectivity index (χ0) is 20.8. The summed E-state index contributed by atoms with van der Waals surface area (Å²) in [6.07, 6.45) is 7.31. The summed E-state index contributed by atoms with van der Waals surface area (Å²) in [6.45, 7) is 1.35. The van der Waals surface area contributed by atoms with Crippen LogP contribution in [0.1, 0.15) is 72.8 Å². The topological polar surface area (TPSA) is 103 Å². The van der Waals surface area contributed by atoms with Crippen LogP contribution in [0.5, 0.6) is 0 Å². The fraction of sp³-hybridized carbons (Fsp3) is 0.700. The van der Waals surface area contributed by atoms with Crippen molar-refractivity contribution in [3.05, 3.63) is 16.1 Å². The minimum absolute atomic E-state index is 0.00893. The van der Waals surface area contributed by atoms with E-state index < -0.39 is 5.97 Å². The molecule has 1 aromatic heterocycles. The zero-order valence-corrected chi connectivity index (χ0v) is 17.7. The molecule has 0 atom stereocenters. The lowest BCUT2D eigenvalue weighted by molar-refractivity contribution is -0.136. The molecule has 1 aliphatic heterocycles. The molecule has 8 nitrogen and oxygen atoms in total. The van der Waals surface area contributed by atoms with Crippen molar-refractivity contribution in [2.75, 3.05) is 26.7 Å². The molecule has 2 N–H and O–H groups in total. The molecule has 0 bridgehead atoms.